The van der Waals surface area contributed by atoms with E-state index >= 15 is 0 Å². The predicted molar refractivity (Wildman–Crippen MR) is 124 cm³/mol. The standard InChI is InChI=1S/C24H27N3O3/c1-17(19-10-11-23(28)22(14-19)18(2)27-30-5)15-26-13-12-20(16-25-3)21-8-6-7-9-24(21)29-4/h6-16,25,28H,1H2,2-5H3/b13-12+,20-16+,26-15?,27-18+. The van der Waals surface area contributed by atoms with Crippen LogP contribution in [0.15, 0.2) is 77.7 Å². The Morgan fingerprint density at radius 3 is 2.60 bits per heavy atom. The zero-order valence-electron chi connectivity index (χ0n) is 17.7. The van der Waals surface area contributed by atoms with E-state index in [0.717, 1.165) is 22.4 Å². The number of aromatic hydroxyl groups is 1. The van der Waals surface area contributed by atoms with Crippen LogP contribution in [-0.2, 0) is 4.84 Å². The normalized spacial score (nSPS) is 12.4. The fraction of sp³-hybridized carbons (Fsp3) is 0.167. The highest BCUT2D eigenvalue weighted by atomic mass is 16.6. The third kappa shape index (κ3) is 5.85. The monoisotopic (exact) mass is 405 g/mol. The summed E-state index contributed by atoms with van der Waals surface area (Å²) in [5, 5.41) is 17.0. The molecular weight excluding hydrogens is 378 g/mol. The molecule has 0 atom stereocenters. The average Bonchev–Trinajstić information content (AvgIpc) is 2.76. The van der Waals surface area contributed by atoms with Crippen molar-refractivity contribution < 1.29 is 14.7 Å². The highest BCUT2D eigenvalue weighted by molar-refractivity contribution is 6.10. The summed E-state index contributed by atoms with van der Waals surface area (Å²) >= 11 is 0. The van der Waals surface area contributed by atoms with Gasteiger partial charge >= 0.3 is 0 Å². The fourth-order valence-electron chi connectivity index (χ4n) is 2.80. The summed E-state index contributed by atoms with van der Waals surface area (Å²) in [5.41, 5.74) is 4.55. The smallest absolute Gasteiger partial charge is 0.126 e. The largest absolute Gasteiger partial charge is 0.507 e. The number of benzene rings is 2. The molecule has 156 valence electrons. The van der Waals surface area contributed by atoms with E-state index in [0.29, 0.717) is 16.8 Å². The number of oxime groups is 1. The average molecular weight is 405 g/mol. The first-order valence-electron chi connectivity index (χ1n) is 9.32. The quantitative estimate of drug-likeness (QED) is 0.362. The lowest BCUT2D eigenvalue weighted by Gasteiger charge is -2.09. The van der Waals surface area contributed by atoms with Crippen molar-refractivity contribution in [1.82, 2.24) is 5.32 Å². The Balaban J connectivity index is 2.20. The number of aliphatic imine (C=N–C) groups is 1. The molecule has 0 heterocycles. The van der Waals surface area contributed by atoms with Gasteiger partial charge in [-0.05, 0) is 42.3 Å². The number of rotatable bonds is 9. The van der Waals surface area contributed by atoms with Gasteiger partial charge in [0.2, 0.25) is 0 Å². The van der Waals surface area contributed by atoms with Crippen molar-refractivity contribution in [2.24, 2.45) is 10.1 Å². The Morgan fingerprint density at radius 2 is 1.90 bits per heavy atom. The summed E-state index contributed by atoms with van der Waals surface area (Å²) < 4.78 is 5.44. The van der Waals surface area contributed by atoms with E-state index in [1.54, 1.807) is 44.6 Å². The van der Waals surface area contributed by atoms with E-state index in [-0.39, 0.29) is 5.75 Å². The second-order valence-corrected chi connectivity index (χ2v) is 6.30. The molecule has 0 radical (unpaired) electrons. The van der Waals surface area contributed by atoms with Crippen molar-refractivity contribution in [2.75, 3.05) is 21.3 Å². The van der Waals surface area contributed by atoms with Crippen LogP contribution >= 0.6 is 0 Å². The highest BCUT2D eigenvalue weighted by Crippen LogP contribution is 2.26. The van der Waals surface area contributed by atoms with Crippen LogP contribution in [0, 0.1) is 0 Å². The molecular formula is C24H27N3O3. The number of phenols is 1. The Kier molecular flexibility index (Phi) is 8.44. The number of hydrogen-bond donors (Lipinski definition) is 2. The van der Waals surface area contributed by atoms with Crippen LogP contribution in [0.25, 0.3) is 11.1 Å². The zero-order chi connectivity index (χ0) is 21.9. The number of hydrogen-bond acceptors (Lipinski definition) is 6. The minimum absolute atomic E-state index is 0.125. The second kappa shape index (κ2) is 11.3. The van der Waals surface area contributed by atoms with E-state index < -0.39 is 0 Å². The van der Waals surface area contributed by atoms with Gasteiger partial charge in [0.25, 0.3) is 0 Å². The van der Waals surface area contributed by atoms with Crippen LogP contribution in [0.3, 0.4) is 0 Å². The number of allylic oxidation sites excluding steroid dienone is 3. The predicted octanol–water partition coefficient (Wildman–Crippen LogP) is 4.63. The molecule has 0 aliphatic rings. The first-order chi connectivity index (χ1) is 14.5. The van der Waals surface area contributed by atoms with Gasteiger partial charge in [-0.3, -0.25) is 4.99 Å². The molecule has 0 aliphatic heterocycles. The van der Waals surface area contributed by atoms with Crippen molar-refractivity contribution in [3.63, 3.8) is 0 Å². The van der Waals surface area contributed by atoms with Gasteiger partial charge in [0, 0.05) is 42.4 Å². The SMILES string of the molecule is C=C(C=N/C=C/C(=C\NC)c1ccccc1OC)c1ccc(O)c(/C(C)=N/OC)c1. The van der Waals surface area contributed by atoms with Crippen molar-refractivity contribution in [3.05, 3.63) is 84.2 Å². The van der Waals surface area contributed by atoms with E-state index in [9.17, 15) is 5.11 Å². The first-order valence-corrected chi connectivity index (χ1v) is 9.32. The molecule has 30 heavy (non-hydrogen) atoms. The van der Waals surface area contributed by atoms with Crippen molar-refractivity contribution in [2.45, 2.75) is 6.92 Å². The molecule has 0 spiro atoms. The molecule has 0 fully saturated rings. The first kappa shape index (κ1) is 22.5. The molecule has 2 N–H and O–H groups in total. The van der Waals surface area contributed by atoms with Gasteiger partial charge in [0.1, 0.15) is 18.6 Å². The van der Waals surface area contributed by atoms with Crippen molar-refractivity contribution in [3.8, 4) is 11.5 Å². The maximum atomic E-state index is 10.1. The number of para-hydroxylation sites is 1. The van der Waals surface area contributed by atoms with Gasteiger partial charge in [-0.2, -0.15) is 0 Å². The van der Waals surface area contributed by atoms with Gasteiger partial charge in [-0.15, -0.1) is 0 Å². The molecule has 0 unspecified atom stereocenters. The zero-order valence-corrected chi connectivity index (χ0v) is 17.7. The van der Waals surface area contributed by atoms with E-state index in [1.807, 2.05) is 43.6 Å². The molecule has 0 saturated carbocycles. The number of methoxy groups -OCH3 is 1. The van der Waals surface area contributed by atoms with Crippen LogP contribution in [0.2, 0.25) is 0 Å². The molecule has 0 amide bonds. The van der Waals surface area contributed by atoms with Crippen LogP contribution < -0.4 is 10.1 Å². The molecule has 2 rings (SSSR count). The molecule has 0 saturated heterocycles. The number of nitrogens with one attached hydrogen (secondary N) is 1. The fourth-order valence-corrected chi connectivity index (χ4v) is 2.80. The summed E-state index contributed by atoms with van der Waals surface area (Å²) in [4.78, 5) is 9.14. The van der Waals surface area contributed by atoms with Crippen LogP contribution in [0.1, 0.15) is 23.6 Å². The lowest BCUT2D eigenvalue weighted by Crippen LogP contribution is -1.98. The topological polar surface area (TPSA) is 75.4 Å². The molecule has 6 nitrogen and oxygen atoms in total. The maximum Gasteiger partial charge on any atom is 0.126 e. The molecule has 0 aliphatic carbocycles. The van der Waals surface area contributed by atoms with Crippen molar-refractivity contribution in [1.29, 1.82) is 0 Å². The number of ether oxygens (including phenoxy) is 1. The van der Waals surface area contributed by atoms with Crippen LogP contribution in [-0.4, -0.2) is 38.3 Å². The van der Waals surface area contributed by atoms with E-state index in [2.05, 4.69) is 22.0 Å². The van der Waals surface area contributed by atoms with E-state index in [4.69, 9.17) is 9.57 Å². The summed E-state index contributed by atoms with van der Waals surface area (Å²) in [7, 11) is 4.95. The van der Waals surface area contributed by atoms with Crippen molar-refractivity contribution >= 4 is 23.1 Å². The van der Waals surface area contributed by atoms with Gasteiger partial charge in [-0.25, -0.2) is 0 Å². The van der Waals surface area contributed by atoms with Gasteiger partial charge in [-0.1, -0.05) is 36.0 Å². The third-order valence-corrected chi connectivity index (χ3v) is 4.27. The molecule has 2 aromatic rings. The highest BCUT2D eigenvalue weighted by Gasteiger charge is 2.08. The molecule has 0 bridgehead atoms. The summed E-state index contributed by atoms with van der Waals surface area (Å²) in [5.74, 6) is 0.905. The minimum atomic E-state index is 0.125. The van der Waals surface area contributed by atoms with Gasteiger partial charge in [0.05, 0.1) is 12.8 Å². The molecule has 2 aromatic carbocycles. The third-order valence-electron chi connectivity index (χ3n) is 4.27. The minimum Gasteiger partial charge on any atom is -0.507 e. The van der Waals surface area contributed by atoms with Crippen LogP contribution in [0.4, 0.5) is 0 Å². The second-order valence-electron chi connectivity index (χ2n) is 6.30. The summed E-state index contributed by atoms with van der Waals surface area (Å²) in [6.45, 7) is 5.82. The number of nitrogens with zero attached hydrogens (tertiary/aromatic N) is 2. The number of phenolic OH excluding ortho intramolecular Hbond substituents is 1. The van der Waals surface area contributed by atoms with Gasteiger partial charge in [0.15, 0.2) is 0 Å². The Labute approximate surface area is 177 Å². The Bertz CT molecular complexity index is 1000. The Morgan fingerprint density at radius 1 is 1.13 bits per heavy atom. The Hall–Kier alpha value is -3.80. The molecule has 6 heteroatoms. The van der Waals surface area contributed by atoms with Gasteiger partial charge < -0.3 is 20.0 Å². The lowest BCUT2D eigenvalue weighted by molar-refractivity contribution is 0.213. The lowest BCUT2D eigenvalue weighted by atomic mass is 10.0. The summed E-state index contributed by atoms with van der Waals surface area (Å²) in [6.07, 6.45) is 7.12. The summed E-state index contributed by atoms with van der Waals surface area (Å²) in [6, 6.07) is 13.0. The molecule has 0 aromatic heterocycles. The van der Waals surface area contributed by atoms with Crippen LogP contribution in [0.5, 0.6) is 11.5 Å². The van der Waals surface area contributed by atoms with E-state index in [1.165, 1.54) is 7.11 Å². The maximum absolute atomic E-state index is 10.1.